The molecular weight excluding hydrogens is 563 g/mol. The maximum absolute atomic E-state index is 12.7. The molecule has 3 rings (SSSR count). The number of aromatic nitrogens is 1. The third kappa shape index (κ3) is 6.97. The van der Waals surface area contributed by atoms with Crippen molar-refractivity contribution in [3.63, 3.8) is 0 Å². The fraction of sp³-hybridized carbons (Fsp3) is 0.333. The van der Waals surface area contributed by atoms with Gasteiger partial charge in [-0.25, -0.2) is 4.98 Å². The Hall–Kier alpha value is -1.73. The number of hydrogen-bond acceptors (Lipinski definition) is 14. The van der Waals surface area contributed by atoms with E-state index in [1.165, 1.54) is 28.9 Å². The van der Waals surface area contributed by atoms with Crippen molar-refractivity contribution in [3.8, 4) is 0 Å². The topological polar surface area (TPSA) is 224 Å². The molecule has 7 N–H and O–H groups in total. The Labute approximate surface area is 243 Å². The largest absolute Gasteiger partial charge is 1.00 e. The molecule has 3 heterocycles. The monoisotopic (exact) mass is 582 g/mol. The van der Waals surface area contributed by atoms with Gasteiger partial charge >= 0.3 is 35.5 Å². The molecule has 1 aromatic rings. The summed E-state index contributed by atoms with van der Waals surface area (Å²) in [7, 11) is 0. The molecule has 2 aliphatic rings. The van der Waals surface area contributed by atoms with Gasteiger partial charge < -0.3 is 37.0 Å². The van der Waals surface area contributed by atoms with Gasteiger partial charge in [-0.15, -0.1) is 23.1 Å². The average Bonchev–Trinajstić information content (AvgIpc) is 3.24. The Kier molecular flexibility index (Phi) is 11.6. The molecule has 0 aliphatic carbocycles. The second-order valence-electron chi connectivity index (χ2n) is 6.91. The SMILES string of the molecule is Nc1nc(/C(=N/O)C(=O)NC2C(=O)N3C(C(=O)[O-])=C(S/C=C\CSCC(N)C(=O)O)CS[C@H]23)cs1.[Na+]. The minimum absolute atomic E-state index is 0. The van der Waals surface area contributed by atoms with Crippen LogP contribution < -0.4 is 51.4 Å². The number of nitrogens with zero attached hydrogens (tertiary/aromatic N) is 3. The summed E-state index contributed by atoms with van der Waals surface area (Å²) in [6, 6.07) is -2.00. The average molecular weight is 583 g/mol. The van der Waals surface area contributed by atoms with Crippen molar-refractivity contribution in [3.05, 3.63) is 33.2 Å². The number of nitrogen functional groups attached to an aromatic ring is 1. The zero-order valence-electron chi connectivity index (χ0n) is 18.7. The van der Waals surface area contributed by atoms with Crippen LogP contribution in [0.2, 0.25) is 0 Å². The first-order valence-electron chi connectivity index (χ1n) is 9.67. The van der Waals surface area contributed by atoms with Crippen molar-refractivity contribution in [1.29, 1.82) is 0 Å². The number of carboxylic acids is 2. The fourth-order valence-corrected chi connectivity index (χ4v) is 6.75. The zero-order chi connectivity index (χ0) is 25.7. The molecule has 36 heavy (non-hydrogen) atoms. The number of oxime groups is 1. The molecular formula is C18H19N6NaO7S4. The standard InChI is InChI=1S/C18H20N6O7S4.Na/c19-7(16(27)28)4-32-2-1-3-33-9-6-34-15-11(14(26)24(15)12(9)17(29)30)22-13(25)10(23-31)8-5-35-18(20)21-8;/h1,3,5,7,11,15,31H,2,4,6,19H2,(H2,20,21)(H,22,25)(H,27,28)(H,29,30);/q;+1/p-1/b3-1-,23-10-;/t7?,11?,15-;/m1./s1. The van der Waals surface area contributed by atoms with Crippen LogP contribution in [0.5, 0.6) is 0 Å². The summed E-state index contributed by atoms with van der Waals surface area (Å²) in [5, 5.41) is 37.7. The van der Waals surface area contributed by atoms with Crippen molar-refractivity contribution in [2.75, 3.05) is 23.0 Å². The Morgan fingerprint density at radius 2 is 2.17 bits per heavy atom. The van der Waals surface area contributed by atoms with E-state index in [2.05, 4.69) is 15.5 Å². The molecule has 0 saturated carbocycles. The van der Waals surface area contributed by atoms with Gasteiger partial charge in [0.15, 0.2) is 10.8 Å². The maximum Gasteiger partial charge on any atom is 1.00 e. The molecule has 0 bridgehead atoms. The number of hydrogen-bond donors (Lipinski definition) is 5. The molecule has 18 heteroatoms. The third-order valence-corrected chi connectivity index (χ3v) is 8.74. The summed E-state index contributed by atoms with van der Waals surface area (Å²) >= 11 is 4.71. The summed E-state index contributed by atoms with van der Waals surface area (Å²) < 4.78 is 0. The number of β-lactam (4-membered cyclic amide) rings is 1. The number of aliphatic carboxylic acids is 2. The molecule has 2 aliphatic heterocycles. The number of carbonyl (C=O) groups excluding carboxylic acids is 3. The summed E-state index contributed by atoms with van der Waals surface area (Å²) in [5.74, 6) is -3.18. The van der Waals surface area contributed by atoms with Gasteiger partial charge in [0.05, 0.1) is 11.7 Å². The van der Waals surface area contributed by atoms with Crippen molar-refractivity contribution in [2.24, 2.45) is 10.9 Å². The predicted molar refractivity (Wildman–Crippen MR) is 132 cm³/mol. The molecule has 0 radical (unpaired) electrons. The number of rotatable bonds is 11. The second-order valence-corrected chi connectivity index (χ2v) is 11.0. The minimum atomic E-state index is -1.53. The summed E-state index contributed by atoms with van der Waals surface area (Å²) in [6.07, 6.45) is 1.72. The Morgan fingerprint density at radius 1 is 1.44 bits per heavy atom. The van der Waals surface area contributed by atoms with Crippen molar-refractivity contribution in [1.82, 2.24) is 15.2 Å². The number of anilines is 1. The first-order chi connectivity index (χ1) is 16.6. The van der Waals surface area contributed by atoms with Gasteiger partial charge in [-0.1, -0.05) is 23.0 Å². The van der Waals surface area contributed by atoms with E-state index in [0.29, 0.717) is 10.7 Å². The summed E-state index contributed by atoms with van der Waals surface area (Å²) in [4.78, 5) is 53.1. The molecule has 13 nitrogen and oxygen atoms in total. The third-order valence-electron chi connectivity index (χ3n) is 4.63. The number of carbonyl (C=O) groups is 4. The predicted octanol–water partition coefficient (Wildman–Crippen LogP) is -4.34. The number of fused-ring (bicyclic) bond motifs is 1. The molecule has 2 amide bonds. The Bertz CT molecular complexity index is 1130. The van der Waals surface area contributed by atoms with Crippen molar-refractivity contribution in [2.45, 2.75) is 17.5 Å². The first-order valence-corrected chi connectivity index (χ1v) is 13.6. The molecule has 1 saturated heterocycles. The second kappa shape index (κ2) is 13.7. The summed E-state index contributed by atoms with van der Waals surface area (Å²) in [6.45, 7) is 0. The van der Waals surface area contributed by atoms with Crippen LogP contribution in [0.25, 0.3) is 0 Å². The molecule has 1 aromatic heterocycles. The van der Waals surface area contributed by atoms with Crippen molar-refractivity contribution < 1.29 is 64.2 Å². The molecule has 0 spiro atoms. The van der Waals surface area contributed by atoms with E-state index < -0.39 is 46.9 Å². The van der Waals surface area contributed by atoms with Crippen LogP contribution in [0.4, 0.5) is 5.13 Å². The quantitative estimate of drug-likeness (QED) is 0.0416. The van der Waals surface area contributed by atoms with Gasteiger partial charge in [0.2, 0.25) is 0 Å². The van der Waals surface area contributed by atoms with Crippen LogP contribution in [0.15, 0.2) is 32.6 Å². The molecule has 3 atom stereocenters. The van der Waals surface area contributed by atoms with Gasteiger partial charge in [-0.05, 0) is 5.41 Å². The van der Waals surface area contributed by atoms with Gasteiger partial charge in [0.1, 0.15) is 23.2 Å². The van der Waals surface area contributed by atoms with E-state index in [0.717, 1.165) is 28.0 Å². The number of nitrogens with two attached hydrogens (primary N) is 2. The van der Waals surface area contributed by atoms with E-state index in [1.54, 1.807) is 11.5 Å². The molecule has 0 aromatic carbocycles. The molecule has 2 unspecified atom stereocenters. The zero-order valence-corrected chi connectivity index (χ0v) is 23.9. The Morgan fingerprint density at radius 3 is 2.75 bits per heavy atom. The minimum Gasteiger partial charge on any atom is -0.543 e. The maximum atomic E-state index is 12.7. The number of thioether (sulfide) groups is 3. The summed E-state index contributed by atoms with van der Waals surface area (Å²) in [5.41, 5.74) is 10.3. The number of nitrogens with one attached hydrogen (secondary N) is 1. The van der Waals surface area contributed by atoms with Crippen LogP contribution >= 0.6 is 46.6 Å². The van der Waals surface area contributed by atoms with Crippen LogP contribution in [-0.2, 0) is 19.2 Å². The number of thiazole rings is 1. The van der Waals surface area contributed by atoms with E-state index in [9.17, 15) is 29.5 Å². The smallest absolute Gasteiger partial charge is 0.543 e. The van der Waals surface area contributed by atoms with Crippen LogP contribution in [-0.4, -0.2) is 84.4 Å². The fourth-order valence-electron chi connectivity index (χ4n) is 2.99. The van der Waals surface area contributed by atoms with Gasteiger partial charge in [0, 0.05) is 27.5 Å². The van der Waals surface area contributed by atoms with E-state index in [-0.39, 0.29) is 57.6 Å². The van der Waals surface area contributed by atoms with E-state index in [4.69, 9.17) is 16.6 Å². The number of carboxylic acid groups (broad SMARTS) is 2. The van der Waals surface area contributed by atoms with Crippen LogP contribution in [0, 0.1) is 0 Å². The molecule has 188 valence electrons. The normalized spacial score (nSPS) is 20.4. The van der Waals surface area contributed by atoms with Crippen LogP contribution in [0.1, 0.15) is 5.69 Å². The molecule has 1 fully saturated rings. The van der Waals surface area contributed by atoms with E-state index >= 15 is 0 Å². The first kappa shape index (κ1) is 30.5. The van der Waals surface area contributed by atoms with Gasteiger partial charge in [-0.3, -0.25) is 19.3 Å². The van der Waals surface area contributed by atoms with Gasteiger partial charge in [0.25, 0.3) is 11.8 Å². The van der Waals surface area contributed by atoms with Crippen LogP contribution in [0.3, 0.4) is 0 Å². The van der Waals surface area contributed by atoms with Crippen molar-refractivity contribution >= 4 is 81.2 Å². The number of amides is 2. The van der Waals surface area contributed by atoms with Gasteiger partial charge in [-0.2, -0.15) is 11.8 Å². The van der Waals surface area contributed by atoms with E-state index in [1.807, 2.05) is 0 Å². The Balaban J connectivity index is 0.00000456.